The van der Waals surface area contributed by atoms with E-state index in [1.165, 1.54) is 0 Å². The van der Waals surface area contributed by atoms with Crippen molar-refractivity contribution in [3.63, 3.8) is 0 Å². The molecule has 0 saturated carbocycles. The Balaban J connectivity index is 1.29. The summed E-state index contributed by atoms with van der Waals surface area (Å²) in [4.78, 5) is 30.8. The topological polar surface area (TPSA) is 85.3 Å². The highest BCUT2D eigenvalue weighted by molar-refractivity contribution is 6.35. The predicted molar refractivity (Wildman–Crippen MR) is 176 cm³/mol. The van der Waals surface area contributed by atoms with Gasteiger partial charge >= 0.3 is 6.09 Å². The maximum absolute atomic E-state index is 16.9. The van der Waals surface area contributed by atoms with E-state index in [0.29, 0.717) is 54.9 Å². The number of phenols is 1. The molecule has 0 aliphatic carbocycles. The van der Waals surface area contributed by atoms with Gasteiger partial charge in [0.25, 0.3) is 0 Å². The van der Waals surface area contributed by atoms with E-state index < -0.39 is 11.4 Å². The van der Waals surface area contributed by atoms with Gasteiger partial charge in [-0.05, 0) is 69.4 Å². The summed E-state index contributed by atoms with van der Waals surface area (Å²) in [5.41, 5.74) is 0.355. The molecule has 3 fully saturated rings. The van der Waals surface area contributed by atoms with Crippen molar-refractivity contribution in [3.8, 4) is 16.9 Å². The summed E-state index contributed by atoms with van der Waals surface area (Å²) in [6.07, 6.45) is -0.285. The smallest absolute Gasteiger partial charge is 0.410 e. The molecule has 1 amide bonds. The van der Waals surface area contributed by atoms with E-state index in [1.807, 2.05) is 59.1 Å². The lowest BCUT2D eigenvalue weighted by molar-refractivity contribution is 0.0282. The van der Waals surface area contributed by atoms with Gasteiger partial charge in [-0.15, -0.1) is 0 Å². The number of anilines is 2. The molecule has 4 aromatic rings. The predicted octanol–water partition coefficient (Wildman–Crippen LogP) is 6.00. The van der Waals surface area contributed by atoms with Crippen molar-refractivity contribution in [2.75, 3.05) is 63.2 Å². The lowest BCUT2D eigenvalue weighted by atomic mass is 9.96. The number of aromatic nitrogens is 2. The average Bonchev–Trinajstić information content (AvgIpc) is 3.51. The molecule has 2 unspecified atom stereocenters. The summed E-state index contributed by atoms with van der Waals surface area (Å²) in [6, 6.07) is 12.9. The van der Waals surface area contributed by atoms with Crippen LogP contribution in [-0.2, 0) is 4.74 Å². The highest BCUT2D eigenvalue weighted by Gasteiger charge is 2.44. The number of hydrogen-bond donors (Lipinski definition) is 1. The highest BCUT2D eigenvalue weighted by atomic mass is 35.5. The lowest BCUT2D eigenvalue weighted by Crippen LogP contribution is -2.58. The number of carbonyl (C=O) groups excluding carboxylic acids is 1. The van der Waals surface area contributed by atoms with Crippen molar-refractivity contribution < 1.29 is 19.0 Å². The quantitative estimate of drug-likeness (QED) is 0.293. The van der Waals surface area contributed by atoms with Crippen molar-refractivity contribution in [1.29, 1.82) is 0 Å². The van der Waals surface area contributed by atoms with Crippen LogP contribution in [0.4, 0.5) is 21.0 Å². The molecule has 3 saturated heterocycles. The summed E-state index contributed by atoms with van der Waals surface area (Å²) in [6.45, 7) is 9.66. The summed E-state index contributed by atoms with van der Waals surface area (Å²) in [5.74, 6) is 1.10. The van der Waals surface area contributed by atoms with Crippen molar-refractivity contribution in [3.05, 3.63) is 53.3 Å². The molecular weight excluding hydrogens is 595 g/mol. The van der Waals surface area contributed by atoms with Crippen LogP contribution >= 0.6 is 11.6 Å². The molecule has 1 aromatic heterocycles. The molecule has 0 bridgehead atoms. The molecule has 4 heterocycles. The number of likely N-dealkylation sites (N-methyl/N-ethyl adjacent to an activating group) is 1. The molecule has 0 radical (unpaired) electrons. The van der Waals surface area contributed by atoms with E-state index in [-0.39, 0.29) is 39.8 Å². The molecule has 45 heavy (non-hydrogen) atoms. The third-order valence-corrected chi connectivity index (χ3v) is 9.58. The van der Waals surface area contributed by atoms with Crippen LogP contribution in [0, 0.1) is 17.7 Å². The first-order valence-electron chi connectivity index (χ1n) is 15.4. The summed E-state index contributed by atoms with van der Waals surface area (Å²) in [7, 11) is 4.09. The fourth-order valence-electron chi connectivity index (χ4n) is 6.89. The molecule has 236 valence electrons. The number of ether oxygens (including phenoxy) is 1. The third-order valence-electron chi connectivity index (χ3n) is 9.28. The largest absolute Gasteiger partial charge is 0.508 e. The third kappa shape index (κ3) is 5.37. The van der Waals surface area contributed by atoms with Crippen LogP contribution in [0.1, 0.15) is 20.8 Å². The minimum atomic E-state index is -0.549. The van der Waals surface area contributed by atoms with E-state index in [9.17, 15) is 9.90 Å². The van der Waals surface area contributed by atoms with Crippen LogP contribution in [0.25, 0.3) is 32.8 Å². The molecular formula is C34H38ClFN6O3. The van der Waals surface area contributed by atoms with E-state index >= 15 is 4.39 Å². The van der Waals surface area contributed by atoms with Crippen molar-refractivity contribution >= 4 is 51.1 Å². The van der Waals surface area contributed by atoms with Gasteiger partial charge in [0.2, 0.25) is 5.95 Å². The summed E-state index contributed by atoms with van der Waals surface area (Å²) >= 11 is 6.90. The lowest BCUT2D eigenvalue weighted by Gasteiger charge is -2.43. The number of carbonyl (C=O) groups is 1. The van der Waals surface area contributed by atoms with Gasteiger partial charge in [-0.25, -0.2) is 14.2 Å². The van der Waals surface area contributed by atoms with Crippen LogP contribution in [0.2, 0.25) is 5.02 Å². The van der Waals surface area contributed by atoms with Crippen molar-refractivity contribution in [1.82, 2.24) is 19.8 Å². The molecule has 7 rings (SSSR count). The van der Waals surface area contributed by atoms with Crippen molar-refractivity contribution in [2.45, 2.75) is 32.4 Å². The van der Waals surface area contributed by atoms with Crippen LogP contribution in [0.5, 0.6) is 5.75 Å². The molecule has 2 atom stereocenters. The van der Waals surface area contributed by atoms with Gasteiger partial charge in [0.1, 0.15) is 22.7 Å². The maximum atomic E-state index is 16.9. The van der Waals surface area contributed by atoms with Gasteiger partial charge in [0.15, 0.2) is 5.82 Å². The van der Waals surface area contributed by atoms with Crippen LogP contribution in [-0.4, -0.2) is 96.0 Å². The van der Waals surface area contributed by atoms with Crippen LogP contribution in [0.3, 0.4) is 0 Å². The zero-order chi connectivity index (χ0) is 31.8. The Labute approximate surface area is 267 Å². The number of aromatic hydroxyl groups is 1. The molecule has 1 N–H and O–H groups in total. The minimum Gasteiger partial charge on any atom is -0.508 e. The second kappa shape index (κ2) is 10.9. The van der Waals surface area contributed by atoms with Crippen LogP contribution < -0.4 is 9.80 Å². The number of fused-ring (bicyclic) bond motifs is 3. The number of benzene rings is 3. The Morgan fingerprint density at radius 3 is 2.33 bits per heavy atom. The summed E-state index contributed by atoms with van der Waals surface area (Å²) < 4.78 is 22.5. The molecule has 3 aromatic carbocycles. The fourth-order valence-corrected chi connectivity index (χ4v) is 7.18. The number of nitrogens with zero attached hydrogens (tertiary/aromatic N) is 6. The Hall–Kier alpha value is -3.89. The Morgan fingerprint density at radius 2 is 1.67 bits per heavy atom. The standard InChI is InChI=1S/C34H38ClFN6O3/c1-34(2,3)45-33(44)42-15-20-13-40(14-21(20)16-42)31-26-12-27(35)28(25-11-23(43)10-19-8-6-7-9-24(19)25)29(36)30(26)37-32(38-31)41-17-22(18-41)39(4)5/h6-12,20-22,43H,13-18H2,1-5H3. The maximum Gasteiger partial charge on any atom is 0.410 e. The first kappa shape index (κ1) is 29.8. The van der Waals surface area contributed by atoms with E-state index in [0.717, 1.165) is 23.9 Å². The molecule has 3 aliphatic rings. The highest BCUT2D eigenvalue weighted by Crippen LogP contribution is 2.44. The second-order valence-corrected chi connectivity index (χ2v) is 14.2. The van der Waals surface area contributed by atoms with Gasteiger partial charge in [-0.1, -0.05) is 35.9 Å². The van der Waals surface area contributed by atoms with Crippen molar-refractivity contribution in [2.24, 2.45) is 11.8 Å². The van der Waals surface area contributed by atoms with Gasteiger partial charge in [0, 0.05) is 68.1 Å². The monoisotopic (exact) mass is 632 g/mol. The summed E-state index contributed by atoms with van der Waals surface area (Å²) in [5, 5.41) is 12.9. The zero-order valence-electron chi connectivity index (χ0n) is 26.2. The SMILES string of the molecule is CN(C)C1CN(c2nc(N3CC4CN(C(=O)OC(C)(C)C)CC4C3)c3cc(Cl)c(-c4cc(O)cc5ccccc45)c(F)c3n2)C1. The normalized spacial score (nSPS) is 20.4. The number of rotatable bonds is 4. The minimum absolute atomic E-state index is 0.0302. The van der Waals surface area contributed by atoms with Gasteiger partial charge < -0.3 is 29.4 Å². The first-order chi connectivity index (χ1) is 21.4. The number of amides is 1. The number of hydrogen-bond acceptors (Lipinski definition) is 8. The number of likely N-dealkylation sites (tertiary alicyclic amines) is 1. The van der Waals surface area contributed by atoms with Gasteiger partial charge in [-0.2, -0.15) is 4.98 Å². The zero-order valence-corrected chi connectivity index (χ0v) is 27.0. The van der Waals surface area contributed by atoms with E-state index in [4.69, 9.17) is 26.3 Å². The molecule has 0 spiro atoms. The van der Waals surface area contributed by atoms with E-state index in [2.05, 4.69) is 14.7 Å². The average molecular weight is 633 g/mol. The van der Waals surface area contributed by atoms with Crippen LogP contribution in [0.15, 0.2) is 42.5 Å². The fraction of sp³-hybridized carbons (Fsp3) is 0.441. The Kier molecular flexibility index (Phi) is 7.20. The Bertz CT molecular complexity index is 1810. The first-order valence-corrected chi connectivity index (χ1v) is 15.8. The molecule has 9 nitrogen and oxygen atoms in total. The Morgan fingerprint density at radius 1 is 0.978 bits per heavy atom. The van der Waals surface area contributed by atoms with Gasteiger partial charge in [-0.3, -0.25) is 0 Å². The molecule has 11 heteroatoms. The number of halogens is 2. The molecule has 3 aliphatic heterocycles. The number of phenolic OH excluding ortho intramolecular Hbond substituents is 1. The van der Waals surface area contributed by atoms with E-state index in [1.54, 1.807) is 23.1 Å². The second-order valence-electron chi connectivity index (χ2n) is 13.8. The van der Waals surface area contributed by atoms with Gasteiger partial charge in [0.05, 0.1) is 5.02 Å².